The molecule has 0 saturated heterocycles. The molecule has 8 nitrogen and oxygen atoms in total. The number of halogens is 2. The van der Waals surface area contributed by atoms with Crippen molar-refractivity contribution in [3.63, 3.8) is 0 Å². The van der Waals surface area contributed by atoms with Gasteiger partial charge in [0.1, 0.15) is 11.5 Å². The number of hydrogen-bond donors (Lipinski definition) is 2. The van der Waals surface area contributed by atoms with Gasteiger partial charge in [0.25, 0.3) is 5.91 Å². The van der Waals surface area contributed by atoms with Gasteiger partial charge in [-0.1, -0.05) is 29.8 Å². The van der Waals surface area contributed by atoms with E-state index in [9.17, 15) is 14.0 Å². The molecule has 0 saturated carbocycles. The van der Waals surface area contributed by atoms with Crippen LogP contribution in [0.4, 0.5) is 15.8 Å². The molecule has 2 N–H and O–H groups in total. The zero-order valence-electron chi connectivity index (χ0n) is 15.6. The van der Waals surface area contributed by atoms with Crippen LogP contribution < -0.4 is 5.56 Å². The summed E-state index contributed by atoms with van der Waals surface area (Å²) in [6.45, 7) is 1.58. The van der Waals surface area contributed by atoms with Crippen LogP contribution in [0.15, 0.2) is 69.6 Å². The lowest BCUT2D eigenvalue weighted by molar-refractivity contribution is 0.0936. The Morgan fingerprint density at radius 1 is 1.13 bits per heavy atom. The summed E-state index contributed by atoms with van der Waals surface area (Å²) >= 11 is 5.88. The summed E-state index contributed by atoms with van der Waals surface area (Å²) in [5.41, 5.74) is 1.24. The second-order valence-electron chi connectivity index (χ2n) is 6.38. The fraction of sp³-hybridized carbons (Fsp3) is 0.0500. The second-order valence-corrected chi connectivity index (χ2v) is 6.82. The minimum atomic E-state index is -0.680. The minimum Gasteiger partial charge on any atom is -0.290 e. The van der Waals surface area contributed by atoms with E-state index in [1.807, 2.05) is 0 Å². The zero-order chi connectivity index (χ0) is 21.3. The van der Waals surface area contributed by atoms with Crippen LogP contribution in [0.2, 0.25) is 5.02 Å². The monoisotopic (exact) mass is 424 g/mol. The molecule has 0 fully saturated rings. The van der Waals surface area contributed by atoms with Gasteiger partial charge < -0.3 is 0 Å². The number of carbonyl (C=O) groups is 1. The molecule has 0 aliphatic rings. The number of aromatic amines is 2. The highest BCUT2D eigenvalue weighted by molar-refractivity contribution is 6.30. The number of nitrogens with zero attached hydrogens (tertiary/aromatic N) is 4. The summed E-state index contributed by atoms with van der Waals surface area (Å²) in [5.74, 6) is -1.11. The number of aryl methyl sites for hydroxylation is 1. The number of H-pyrrole nitrogens is 2. The number of benzene rings is 2. The molecule has 0 aliphatic carbocycles. The molecule has 4 aromatic rings. The highest BCUT2D eigenvalue weighted by Crippen LogP contribution is 2.21. The Labute approximate surface area is 174 Å². The predicted molar refractivity (Wildman–Crippen MR) is 109 cm³/mol. The fourth-order valence-electron chi connectivity index (χ4n) is 2.76. The van der Waals surface area contributed by atoms with Gasteiger partial charge in [0.15, 0.2) is 5.69 Å². The maximum atomic E-state index is 13.3. The van der Waals surface area contributed by atoms with E-state index in [1.54, 1.807) is 37.3 Å². The summed E-state index contributed by atoms with van der Waals surface area (Å²) in [6, 6.07) is 14.0. The van der Waals surface area contributed by atoms with Crippen molar-refractivity contribution in [1.82, 2.24) is 20.0 Å². The average molecular weight is 425 g/mol. The number of carbonyl (C=O) groups excluding carboxylic acids is 1. The second kappa shape index (κ2) is 7.88. The Morgan fingerprint density at radius 3 is 2.63 bits per heavy atom. The average Bonchev–Trinajstić information content (AvgIpc) is 3.32. The van der Waals surface area contributed by atoms with E-state index in [-0.39, 0.29) is 17.1 Å². The van der Waals surface area contributed by atoms with Crippen molar-refractivity contribution < 1.29 is 9.18 Å². The molecule has 0 unspecified atom stereocenters. The Balaban J connectivity index is 1.62. The molecule has 10 heteroatoms. The van der Waals surface area contributed by atoms with E-state index in [0.717, 1.165) is 10.2 Å². The molecule has 2 aromatic heterocycles. The van der Waals surface area contributed by atoms with Crippen LogP contribution in [-0.2, 0) is 0 Å². The van der Waals surface area contributed by atoms with E-state index in [4.69, 9.17) is 11.6 Å². The molecule has 0 spiro atoms. The van der Waals surface area contributed by atoms with Crippen LogP contribution in [0.5, 0.6) is 0 Å². The van der Waals surface area contributed by atoms with Gasteiger partial charge >= 0.3 is 5.56 Å². The molecule has 4 rings (SSSR count). The van der Waals surface area contributed by atoms with E-state index >= 15 is 0 Å². The largest absolute Gasteiger partial charge is 0.302 e. The van der Waals surface area contributed by atoms with Gasteiger partial charge in [-0.25, -0.2) is 4.39 Å². The summed E-state index contributed by atoms with van der Waals surface area (Å²) in [6.07, 6.45) is 0. The van der Waals surface area contributed by atoms with Crippen LogP contribution in [-0.4, -0.2) is 25.9 Å². The Morgan fingerprint density at radius 2 is 1.90 bits per heavy atom. The molecular weight excluding hydrogens is 411 g/mol. The minimum absolute atomic E-state index is 0.0509. The first-order valence-corrected chi connectivity index (χ1v) is 9.15. The molecule has 0 bridgehead atoms. The van der Waals surface area contributed by atoms with Crippen molar-refractivity contribution in [2.24, 2.45) is 10.2 Å². The summed E-state index contributed by atoms with van der Waals surface area (Å²) in [7, 11) is 0. The van der Waals surface area contributed by atoms with Crippen molar-refractivity contribution in [2.45, 2.75) is 6.92 Å². The molecule has 30 heavy (non-hydrogen) atoms. The van der Waals surface area contributed by atoms with Crippen LogP contribution in [0.25, 0.3) is 11.3 Å². The first kappa shape index (κ1) is 19.5. The van der Waals surface area contributed by atoms with E-state index in [1.165, 1.54) is 24.3 Å². The molecule has 0 radical (unpaired) electrons. The zero-order valence-corrected chi connectivity index (χ0v) is 16.3. The third-order valence-electron chi connectivity index (χ3n) is 4.27. The van der Waals surface area contributed by atoms with Gasteiger partial charge in [-0.05, 0) is 37.3 Å². The standard InChI is InChI=1S/C20H14ClFN6O2/c1-11-18(26-23-15-4-2-3-14(22)9-15)20(30)28(27-11)19(29)17-10-16(24-25-17)12-5-7-13(21)8-6-12/h2-10,27H,1H3,(H,24,25). The third-order valence-corrected chi connectivity index (χ3v) is 4.52. The van der Waals surface area contributed by atoms with Gasteiger partial charge in [0.05, 0.1) is 17.1 Å². The highest BCUT2D eigenvalue weighted by Gasteiger charge is 2.20. The quantitative estimate of drug-likeness (QED) is 0.460. The van der Waals surface area contributed by atoms with E-state index in [2.05, 4.69) is 25.5 Å². The summed E-state index contributed by atoms with van der Waals surface area (Å²) < 4.78 is 14.1. The van der Waals surface area contributed by atoms with Crippen molar-refractivity contribution in [1.29, 1.82) is 0 Å². The lowest BCUT2D eigenvalue weighted by Gasteiger charge is -1.96. The molecular formula is C20H14ClFN6O2. The van der Waals surface area contributed by atoms with Crippen LogP contribution in [0, 0.1) is 12.7 Å². The van der Waals surface area contributed by atoms with Crippen molar-refractivity contribution in [2.75, 3.05) is 0 Å². The van der Waals surface area contributed by atoms with Crippen LogP contribution in [0.1, 0.15) is 16.2 Å². The van der Waals surface area contributed by atoms with Gasteiger partial charge in [0, 0.05) is 16.7 Å². The predicted octanol–water partition coefficient (Wildman–Crippen LogP) is 4.77. The molecule has 2 heterocycles. The fourth-order valence-corrected chi connectivity index (χ4v) is 2.89. The molecule has 0 amide bonds. The van der Waals surface area contributed by atoms with Gasteiger partial charge in [-0.2, -0.15) is 14.9 Å². The first-order chi connectivity index (χ1) is 14.4. The number of hydrogen-bond acceptors (Lipinski definition) is 5. The molecule has 150 valence electrons. The van der Waals surface area contributed by atoms with Gasteiger partial charge in [0.2, 0.25) is 0 Å². The number of aromatic nitrogens is 4. The Kier molecular flexibility index (Phi) is 5.11. The molecule has 0 atom stereocenters. The lowest BCUT2D eigenvalue weighted by atomic mass is 10.1. The van der Waals surface area contributed by atoms with Gasteiger partial charge in [-0.3, -0.25) is 19.8 Å². The number of rotatable bonds is 4. The van der Waals surface area contributed by atoms with Crippen molar-refractivity contribution >= 4 is 28.9 Å². The highest BCUT2D eigenvalue weighted by atomic mass is 35.5. The van der Waals surface area contributed by atoms with Crippen molar-refractivity contribution in [3.05, 3.63) is 87.2 Å². The Hall–Kier alpha value is -3.85. The number of azo groups is 1. The van der Waals surface area contributed by atoms with Gasteiger partial charge in [-0.15, -0.1) is 5.11 Å². The van der Waals surface area contributed by atoms with Crippen molar-refractivity contribution in [3.8, 4) is 11.3 Å². The summed E-state index contributed by atoms with van der Waals surface area (Å²) in [4.78, 5) is 25.4. The third kappa shape index (κ3) is 3.83. The maximum absolute atomic E-state index is 13.3. The summed E-state index contributed by atoms with van der Waals surface area (Å²) in [5, 5.41) is 17.7. The topological polar surface area (TPSA) is 108 Å². The lowest BCUT2D eigenvalue weighted by Crippen LogP contribution is -2.25. The smallest absolute Gasteiger partial charge is 0.290 e. The molecule has 0 aliphatic heterocycles. The molecule has 2 aromatic carbocycles. The first-order valence-electron chi connectivity index (χ1n) is 8.77. The SMILES string of the molecule is Cc1[nH]n(C(=O)c2cc(-c3ccc(Cl)cc3)n[nH]2)c(=O)c1N=Nc1cccc(F)c1. The number of nitrogens with one attached hydrogen (secondary N) is 2. The van der Waals surface area contributed by atoms with E-state index < -0.39 is 17.3 Å². The Bertz CT molecular complexity index is 1320. The maximum Gasteiger partial charge on any atom is 0.302 e. The van der Waals surface area contributed by atoms with Crippen LogP contribution >= 0.6 is 11.6 Å². The van der Waals surface area contributed by atoms with E-state index in [0.29, 0.717) is 16.4 Å². The normalized spacial score (nSPS) is 11.3. The van der Waals surface area contributed by atoms with Crippen LogP contribution in [0.3, 0.4) is 0 Å².